The van der Waals surface area contributed by atoms with Gasteiger partial charge in [0.15, 0.2) is 0 Å². The van der Waals surface area contributed by atoms with Crippen molar-refractivity contribution < 1.29 is 4.74 Å². The quantitative estimate of drug-likeness (QED) is 0.766. The van der Waals surface area contributed by atoms with Gasteiger partial charge < -0.3 is 14.5 Å². The average Bonchev–Trinajstić information content (AvgIpc) is 2.53. The van der Waals surface area contributed by atoms with Gasteiger partial charge in [0.25, 0.3) is 0 Å². The van der Waals surface area contributed by atoms with Crippen LogP contribution in [0.4, 0.5) is 0 Å². The first-order valence-electron chi connectivity index (χ1n) is 9.30. The van der Waals surface area contributed by atoms with E-state index in [2.05, 4.69) is 35.0 Å². The van der Waals surface area contributed by atoms with E-state index in [0.29, 0.717) is 0 Å². The summed E-state index contributed by atoms with van der Waals surface area (Å²) < 4.78 is 5.46. The maximum absolute atomic E-state index is 5.46. The third-order valence-corrected chi connectivity index (χ3v) is 5.84. The largest absolute Gasteiger partial charge is 0.496 e. The zero-order chi connectivity index (χ0) is 16.1. The summed E-state index contributed by atoms with van der Waals surface area (Å²) in [7, 11) is 4.10. The van der Waals surface area contributed by atoms with Gasteiger partial charge in [-0.3, -0.25) is 0 Å². The Morgan fingerprint density at radius 3 is 2.52 bits per heavy atom. The maximum Gasteiger partial charge on any atom is 0.122 e. The predicted molar refractivity (Wildman–Crippen MR) is 96.1 cm³/mol. The molecule has 3 nitrogen and oxygen atoms in total. The van der Waals surface area contributed by atoms with Crippen molar-refractivity contribution in [2.75, 3.05) is 40.3 Å². The van der Waals surface area contributed by atoms with Gasteiger partial charge in [-0.25, -0.2) is 0 Å². The van der Waals surface area contributed by atoms with Crippen molar-refractivity contribution in [2.24, 2.45) is 5.92 Å². The van der Waals surface area contributed by atoms with Crippen molar-refractivity contribution in [3.8, 4) is 5.75 Å². The Morgan fingerprint density at radius 2 is 1.87 bits per heavy atom. The summed E-state index contributed by atoms with van der Waals surface area (Å²) >= 11 is 0. The van der Waals surface area contributed by atoms with Crippen LogP contribution >= 0.6 is 0 Å². The molecule has 3 rings (SSSR count). The van der Waals surface area contributed by atoms with Gasteiger partial charge in [-0.15, -0.1) is 0 Å². The van der Waals surface area contributed by atoms with E-state index in [1.807, 2.05) is 6.07 Å². The van der Waals surface area contributed by atoms with Gasteiger partial charge in [-0.05, 0) is 69.8 Å². The average molecular weight is 316 g/mol. The van der Waals surface area contributed by atoms with Crippen LogP contribution in [0, 0.1) is 5.92 Å². The summed E-state index contributed by atoms with van der Waals surface area (Å²) in [6, 6.07) is 9.31. The van der Waals surface area contributed by atoms with Crippen molar-refractivity contribution in [2.45, 2.75) is 44.6 Å². The van der Waals surface area contributed by atoms with Gasteiger partial charge in [-0.2, -0.15) is 0 Å². The predicted octanol–water partition coefficient (Wildman–Crippen LogP) is 3.43. The normalized spacial score (nSPS) is 20.7. The molecule has 0 aromatic heterocycles. The number of piperidine rings is 1. The molecule has 1 aromatic carbocycles. The van der Waals surface area contributed by atoms with Crippen molar-refractivity contribution in [3.05, 3.63) is 29.8 Å². The van der Waals surface area contributed by atoms with Crippen LogP contribution in [-0.2, 0) is 6.42 Å². The Morgan fingerprint density at radius 1 is 1.13 bits per heavy atom. The third-order valence-electron chi connectivity index (χ3n) is 5.84. The van der Waals surface area contributed by atoms with Crippen LogP contribution in [0.2, 0.25) is 0 Å². The molecule has 0 bridgehead atoms. The number of methoxy groups -OCH3 is 1. The van der Waals surface area contributed by atoms with Gasteiger partial charge in [-0.1, -0.05) is 24.6 Å². The summed E-state index contributed by atoms with van der Waals surface area (Å²) in [6.07, 6.45) is 8.11. The summed E-state index contributed by atoms with van der Waals surface area (Å²) in [6.45, 7) is 4.99. The first kappa shape index (κ1) is 16.8. The molecule has 0 N–H and O–H groups in total. The number of ether oxygens (including phenoxy) is 1. The molecule has 1 saturated carbocycles. The number of rotatable bonds is 7. The van der Waals surface area contributed by atoms with Crippen LogP contribution in [0.1, 0.15) is 37.7 Å². The zero-order valence-corrected chi connectivity index (χ0v) is 14.8. The summed E-state index contributed by atoms with van der Waals surface area (Å²) in [5, 5.41) is 0. The molecule has 23 heavy (non-hydrogen) atoms. The molecule has 1 heterocycles. The Labute approximate surface area is 141 Å². The summed E-state index contributed by atoms with van der Waals surface area (Å²) in [5.74, 6) is 1.94. The van der Waals surface area contributed by atoms with Gasteiger partial charge in [0, 0.05) is 19.1 Å². The summed E-state index contributed by atoms with van der Waals surface area (Å²) in [5.41, 5.74) is 1.34. The molecule has 1 aliphatic heterocycles. The van der Waals surface area contributed by atoms with E-state index in [-0.39, 0.29) is 0 Å². The third kappa shape index (κ3) is 4.48. The molecule has 0 spiro atoms. The lowest BCUT2D eigenvalue weighted by Crippen LogP contribution is -2.43. The number of likely N-dealkylation sites (tertiary alicyclic amines) is 1. The second kappa shape index (κ2) is 8.16. The van der Waals surface area contributed by atoms with Crippen LogP contribution in [0.15, 0.2) is 24.3 Å². The monoisotopic (exact) mass is 316 g/mol. The Kier molecular flexibility index (Phi) is 5.96. The fourth-order valence-corrected chi connectivity index (χ4v) is 3.96. The lowest BCUT2D eigenvalue weighted by atomic mass is 9.89. The van der Waals surface area contributed by atoms with E-state index in [1.54, 1.807) is 7.11 Å². The highest BCUT2D eigenvalue weighted by molar-refractivity contribution is 5.33. The van der Waals surface area contributed by atoms with E-state index in [4.69, 9.17) is 4.74 Å². The highest BCUT2D eigenvalue weighted by Gasteiger charge is 2.26. The standard InChI is InChI=1S/C20H32N2O/c1-21(19-7-5-8-19)16-17-10-13-22(14-11-17)15-12-18-6-3-4-9-20(18)23-2/h3-4,6,9,17,19H,5,7-8,10-16H2,1-2H3. The zero-order valence-electron chi connectivity index (χ0n) is 14.8. The molecular weight excluding hydrogens is 284 g/mol. The molecule has 0 radical (unpaired) electrons. The van der Waals surface area contributed by atoms with E-state index in [9.17, 15) is 0 Å². The second-order valence-corrected chi connectivity index (χ2v) is 7.37. The van der Waals surface area contributed by atoms with Crippen molar-refractivity contribution in [1.82, 2.24) is 9.80 Å². The molecule has 1 aliphatic carbocycles. The van der Waals surface area contributed by atoms with Crippen LogP contribution in [-0.4, -0.2) is 56.2 Å². The lowest BCUT2D eigenvalue weighted by molar-refractivity contribution is 0.105. The molecule has 2 aliphatic rings. The first-order chi connectivity index (χ1) is 11.3. The highest BCUT2D eigenvalue weighted by Crippen LogP contribution is 2.26. The lowest BCUT2D eigenvalue weighted by Gasteiger charge is -2.39. The van der Waals surface area contributed by atoms with Crippen molar-refractivity contribution in [3.63, 3.8) is 0 Å². The minimum absolute atomic E-state index is 0.888. The number of para-hydroxylation sites is 1. The molecule has 0 atom stereocenters. The van der Waals surface area contributed by atoms with Crippen molar-refractivity contribution >= 4 is 0 Å². The van der Waals surface area contributed by atoms with Crippen LogP contribution in [0.5, 0.6) is 5.75 Å². The van der Waals surface area contributed by atoms with E-state index < -0.39 is 0 Å². The van der Waals surface area contributed by atoms with E-state index in [1.165, 1.54) is 57.3 Å². The molecule has 0 amide bonds. The van der Waals surface area contributed by atoms with Crippen LogP contribution in [0.25, 0.3) is 0 Å². The fourth-order valence-electron chi connectivity index (χ4n) is 3.96. The second-order valence-electron chi connectivity index (χ2n) is 7.37. The Bertz CT molecular complexity index is 478. The van der Waals surface area contributed by atoms with Gasteiger partial charge in [0.05, 0.1) is 7.11 Å². The number of hydrogen-bond acceptors (Lipinski definition) is 3. The molecule has 2 fully saturated rings. The number of hydrogen-bond donors (Lipinski definition) is 0. The molecule has 1 aromatic rings. The Hall–Kier alpha value is -1.06. The molecule has 3 heteroatoms. The summed E-state index contributed by atoms with van der Waals surface area (Å²) in [4.78, 5) is 5.25. The number of nitrogens with zero attached hydrogens (tertiary/aromatic N) is 2. The van der Waals surface area contributed by atoms with Crippen LogP contribution in [0.3, 0.4) is 0 Å². The molecule has 0 unspecified atom stereocenters. The van der Waals surface area contributed by atoms with Gasteiger partial charge >= 0.3 is 0 Å². The molecular formula is C20H32N2O. The SMILES string of the molecule is COc1ccccc1CCN1CCC(CN(C)C2CCC2)CC1. The minimum atomic E-state index is 0.888. The maximum atomic E-state index is 5.46. The van der Waals surface area contributed by atoms with Crippen LogP contribution < -0.4 is 4.74 Å². The smallest absolute Gasteiger partial charge is 0.122 e. The fraction of sp³-hybridized carbons (Fsp3) is 0.700. The molecule has 1 saturated heterocycles. The number of benzene rings is 1. The first-order valence-corrected chi connectivity index (χ1v) is 9.30. The van der Waals surface area contributed by atoms with E-state index >= 15 is 0 Å². The highest BCUT2D eigenvalue weighted by atomic mass is 16.5. The minimum Gasteiger partial charge on any atom is -0.496 e. The molecule has 128 valence electrons. The van der Waals surface area contributed by atoms with Gasteiger partial charge in [0.1, 0.15) is 5.75 Å². The van der Waals surface area contributed by atoms with Gasteiger partial charge in [0.2, 0.25) is 0 Å². The van der Waals surface area contributed by atoms with E-state index in [0.717, 1.165) is 30.7 Å². The Balaban J connectivity index is 1.39. The van der Waals surface area contributed by atoms with Crippen molar-refractivity contribution in [1.29, 1.82) is 0 Å². The topological polar surface area (TPSA) is 15.7 Å².